The van der Waals surface area contributed by atoms with E-state index in [4.69, 9.17) is 5.21 Å². The summed E-state index contributed by atoms with van der Waals surface area (Å²) >= 11 is 0. The third-order valence-corrected chi connectivity index (χ3v) is 16.8. The van der Waals surface area contributed by atoms with Crippen molar-refractivity contribution in [1.29, 1.82) is 0 Å². The molecule has 108 heavy (non-hydrogen) atoms. The zero-order chi connectivity index (χ0) is 82.6. The Kier molecular flexibility index (Phi) is 43.3. The highest BCUT2D eigenvalue weighted by Gasteiger charge is 2.10. The minimum absolute atomic E-state index is 0.306. The zero-order valence-electron chi connectivity index (χ0n) is 72.4. The van der Waals surface area contributed by atoms with Crippen LogP contribution in [-0.2, 0) is 0 Å². The van der Waals surface area contributed by atoms with Crippen molar-refractivity contribution in [2.24, 2.45) is 0 Å². The van der Waals surface area contributed by atoms with Crippen LogP contribution in [0.2, 0.25) is 0 Å². The second kappa shape index (κ2) is 48.6. The summed E-state index contributed by atoms with van der Waals surface area (Å²) in [6.07, 6.45) is 13.2. The van der Waals surface area contributed by atoms with E-state index in [0.717, 1.165) is 91.4 Å². The molecule has 10 rings (SSSR count). The monoisotopic (exact) mass is 1480 g/mol. The second-order valence-electron chi connectivity index (χ2n) is 30.1. The number of aryl methyl sites for hydroxylation is 16. The van der Waals surface area contributed by atoms with Crippen LogP contribution in [-0.4, -0.2) is 111 Å². The van der Waals surface area contributed by atoms with Crippen LogP contribution >= 0.6 is 0 Å². The van der Waals surface area contributed by atoms with Crippen molar-refractivity contribution >= 4 is 0 Å². The molecule has 0 aliphatic carbocycles. The molecule has 0 saturated carbocycles. The Morgan fingerprint density at radius 1 is 0.250 bits per heavy atom. The van der Waals surface area contributed by atoms with Crippen molar-refractivity contribution in [3.63, 3.8) is 0 Å². The molecule has 0 radical (unpaired) electrons. The second-order valence-corrected chi connectivity index (χ2v) is 30.1. The van der Waals surface area contributed by atoms with Crippen molar-refractivity contribution in [2.45, 2.75) is 308 Å². The molecule has 23 heteroatoms. The van der Waals surface area contributed by atoms with E-state index in [1.165, 1.54) is 45.1 Å². The van der Waals surface area contributed by atoms with Crippen LogP contribution in [0, 0.1) is 111 Å². The van der Waals surface area contributed by atoms with Gasteiger partial charge in [0.2, 0.25) is 0 Å². The lowest BCUT2D eigenvalue weighted by atomic mass is 10.0. The smallest absolute Gasteiger partial charge is 0.283 e. The van der Waals surface area contributed by atoms with E-state index in [0.29, 0.717) is 81.3 Å². The summed E-state index contributed by atoms with van der Waals surface area (Å²) in [6.45, 7) is 73.5. The summed E-state index contributed by atoms with van der Waals surface area (Å²) in [5.41, 5.74) is 21.5. The van der Waals surface area contributed by atoms with Gasteiger partial charge in [0.1, 0.15) is 17.5 Å². The Bertz CT molecular complexity index is 3750. The first-order valence-electron chi connectivity index (χ1n) is 37.6. The van der Waals surface area contributed by atoms with Gasteiger partial charge in [-0.3, -0.25) is 24.7 Å². The summed E-state index contributed by atoms with van der Waals surface area (Å²) in [5.74, 6) is 9.07. The maximum absolute atomic E-state index is 11.1. The highest BCUT2D eigenvalue weighted by Crippen LogP contribution is 2.19. The van der Waals surface area contributed by atoms with Gasteiger partial charge < -0.3 is 5.21 Å². The fraction of sp³-hybridized carbons (Fsp3) is 0.541. The molecule has 0 amide bonds. The van der Waals surface area contributed by atoms with Crippen molar-refractivity contribution in [1.82, 2.24) is 106 Å². The average molecular weight is 1480 g/mol. The van der Waals surface area contributed by atoms with E-state index in [2.05, 4.69) is 258 Å². The average Bonchev–Trinajstić information content (AvgIpc) is 0.849. The van der Waals surface area contributed by atoms with E-state index >= 15 is 0 Å². The number of nitrogens with zero attached hydrogens (tertiary/aromatic N) is 21. The van der Waals surface area contributed by atoms with Gasteiger partial charge in [0.15, 0.2) is 17.5 Å². The first-order chi connectivity index (χ1) is 50.3. The predicted octanol–water partition coefficient (Wildman–Crippen LogP) is 19.3. The van der Waals surface area contributed by atoms with Crippen molar-refractivity contribution in [2.75, 3.05) is 0 Å². The standard InChI is InChI=1S/2C10H15N.3C9H14N2.C9H13NO2.C8H13N3.C8H12N2.C7H11N3.C6H10N4/c1-7(2)10-5-8(3)9(4)11-6-10;1-7(2)10-5-8(3)9(4)6-11-10;1-6(2)9-5-10-7(3)8(4)11-9;1-6(2)9-10-5-7(3)8(4)11-9;1-6(2)9-5-7(3)8(4)10-11-9;1-6(2)8-4-7(3)10(12)9(11)5-8;1-5(2)8-9-6(3)7(4)10-11-8;1-6(2)8-4-9-7(3)10-5-8;1-5(2)7-4-8-6(3)9-10-7;1-4(2)6-9-7-5(3)8-10-6/h2*5-7H,1-4H3;3*5-6H,1-4H3;4-6,12H,1-3H3;5H,1-4H3;4-6H,1-3H3;4-5H,1-3H3;4H,1-3H3. The molecule has 10 aromatic heterocycles. The molecule has 10 aromatic rings. The topological polar surface area (TPSA) is 300 Å². The lowest BCUT2D eigenvalue weighted by molar-refractivity contribution is 0.168. The summed E-state index contributed by atoms with van der Waals surface area (Å²) in [4.78, 5) is 53.5. The van der Waals surface area contributed by atoms with Crippen LogP contribution in [0.15, 0.2) is 78.5 Å². The largest absolute Gasteiger partial charge is 0.425 e. The Morgan fingerprint density at radius 2 is 0.676 bits per heavy atom. The van der Waals surface area contributed by atoms with Crippen molar-refractivity contribution < 1.29 is 5.21 Å². The van der Waals surface area contributed by atoms with Crippen LogP contribution in [0.5, 0.6) is 0 Å². The first kappa shape index (κ1) is 96.3. The summed E-state index contributed by atoms with van der Waals surface area (Å²) in [6, 6.07) is 9.75. The van der Waals surface area contributed by atoms with Gasteiger partial charge in [-0.2, -0.15) is 25.1 Å². The molecule has 0 spiro atoms. The number of pyridine rings is 3. The minimum atomic E-state index is -0.362. The first-order valence-corrected chi connectivity index (χ1v) is 37.6. The molecule has 0 atom stereocenters. The Balaban J connectivity index is 0.000000600. The Morgan fingerprint density at radius 3 is 1.11 bits per heavy atom. The Hall–Kier alpha value is -9.67. The van der Waals surface area contributed by atoms with Crippen LogP contribution in [0.25, 0.3) is 0 Å². The maximum atomic E-state index is 11.1. The lowest BCUT2D eigenvalue weighted by Gasteiger charge is -2.07. The minimum Gasteiger partial charge on any atom is -0.425 e. The molecule has 588 valence electrons. The molecule has 0 fully saturated rings. The van der Waals surface area contributed by atoms with E-state index in [-0.39, 0.29) is 5.56 Å². The Labute approximate surface area is 647 Å². The molecule has 0 aromatic carbocycles. The molecule has 0 saturated heterocycles. The maximum Gasteiger partial charge on any atom is 0.283 e. The van der Waals surface area contributed by atoms with Gasteiger partial charge in [0.05, 0.1) is 57.4 Å². The fourth-order valence-corrected chi connectivity index (χ4v) is 8.05. The van der Waals surface area contributed by atoms with Gasteiger partial charge in [0, 0.05) is 78.1 Å². The van der Waals surface area contributed by atoms with Gasteiger partial charge in [-0.05, 0) is 215 Å². The number of aromatic nitrogens is 21. The van der Waals surface area contributed by atoms with Crippen LogP contribution in [0.1, 0.15) is 345 Å². The van der Waals surface area contributed by atoms with Gasteiger partial charge in [0.25, 0.3) is 5.56 Å². The van der Waals surface area contributed by atoms with Crippen molar-refractivity contribution in [3.8, 4) is 0 Å². The molecule has 0 unspecified atom stereocenters. The summed E-state index contributed by atoms with van der Waals surface area (Å²) < 4.78 is 0.659. The third kappa shape index (κ3) is 36.8. The van der Waals surface area contributed by atoms with Crippen LogP contribution in [0.4, 0.5) is 0 Å². The highest BCUT2D eigenvalue weighted by molar-refractivity contribution is 5.27. The van der Waals surface area contributed by atoms with Crippen molar-refractivity contribution in [3.05, 3.63) is 232 Å². The van der Waals surface area contributed by atoms with Crippen LogP contribution < -0.4 is 5.56 Å². The lowest BCUT2D eigenvalue weighted by Crippen LogP contribution is -2.19. The molecule has 0 aliphatic rings. The van der Waals surface area contributed by atoms with E-state index in [1.54, 1.807) is 20.0 Å². The summed E-state index contributed by atoms with van der Waals surface area (Å²) in [5, 5.41) is 48.3. The highest BCUT2D eigenvalue weighted by atomic mass is 16.5. The normalized spacial score (nSPS) is 10.6. The molecular weight excluding hydrogens is 1350 g/mol. The summed E-state index contributed by atoms with van der Waals surface area (Å²) in [7, 11) is 0. The van der Waals surface area contributed by atoms with Crippen LogP contribution in [0.3, 0.4) is 0 Å². The molecule has 1 N–H and O–H groups in total. The van der Waals surface area contributed by atoms with Gasteiger partial charge in [-0.25, -0.2) is 29.9 Å². The SMILES string of the molecule is Cc1cc(C(C)C)cc(=O)n1O.Cc1cc(C(C)C)cnc1C.Cc1cc(C(C)C)nnc1C.Cc1cnc(C(C)C)cc1C.Cc1cnc(C(C)C)nc1C.Cc1ncc(C(C)C)cn1.Cc1ncc(C(C)C)nc1C.Cc1ncc(C(C)C)nn1.Cc1nnc(C(C)C)nc1C.Cc1nnc(C(C)C)nn1. The van der Waals surface area contributed by atoms with Gasteiger partial charge in [-0.15, -0.1) is 30.6 Å². The number of rotatable bonds is 10. The number of hydrogen-bond donors (Lipinski definition) is 1. The molecule has 0 aliphatic heterocycles. The quantitative estimate of drug-likeness (QED) is 0.124. The molecular formula is C85H131N21O2. The molecule has 23 nitrogen and oxygen atoms in total. The zero-order valence-corrected chi connectivity index (χ0v) is 72.4. The van der Waals surface area contributed by atoms with E-state index < -0.39 is 0 Å². The third-order valence-electron chi connectivity index (χ3n) is 16.8. The van der Waals surface area contributed by atoms with E-state index in [9.17, 15) is 4.79 Å². The fourth-order valence-electron chi connectivity index (χ4n) is 8.05. The molecule has 0 bridgehead atoms. The predicted molar refractivity (Wildman–Crippen MR) is 438 cm³/mol. The van der Waals surface area contributed by atoms with Gasteiger partial charge >= 0.3 is 0 Å². The van der Waals surface area contributed by atoms with E-state index in [1.807, 2.05) is 140 Å². The van der Waals surface area contributed by atoms with Gasteiger partial charge in [-0.1, -0.05) is 145 Å². The molecule has 10 heterocycles. The number of hydrogen-bond acceptors (Lipinski definition) is 22.